The van der Waals surface area contributed by atoms with Gasteiger partial charge in [0.25, 0.3) is 5.91 Å². The number of phenolic OH excluding ortho intramolecular Hbond substituents is 1. The number of anilines is 1. The van der Waals surface area contributed by atoms with Crippen LogP contribution < -0.4 is 5.32 Å². The molecule has 2 N–H and O–H groups in total. The van der Waals surface area contributed by atoms with Gasteiger partial charge in [-0.15, -0.1) is 0 Å². The van der Waals surface area contributed by atoms with Crippen molar-refractivity contribution < 1.29 is 9.90 Å². The number of halogens is 1. The van der Waals surface area contributed by atoms with E-state index in [0.29, 0.717) is 5.56 Å². The number of hydrogen-bond acceptors (Lipinski definition) is 4. The second-order valence-electron chi connectivity index (χ2n) is 3.62. The number of amides is 1. The fourth-order valence-corrected chi connectivity index (χ4v) is 1.57. The average molecular weight is 264 g/mol. The van der Waals surface area contributed by atoms with E-state index in [-0.39, 0.29) is 22.3 Å². The molecule has 5 nitrogen and oxygen atoms in total. The quantitative estimate of drug-likeness (QED) is 0.872. The van der Waals surface area contributed by atoms with Gasteiger partial charge in [-0.3, -0.25) is 4.79 Å². The molecule has 0 unspecified atom stereocenters. The van der Waals surface area contributed by atoms with Crippen molar-refractivity contribution in [1.82, 2.24) is 9.97 Å². The molecule has 0 fully saturated rings. The smallest absolute Gasteiger partial charge is 0.260 e. The minimum Gasteiger partial charge on any atom is -0.507 e. The van der Waals surface area contributed by atoms with Crippen molar-refractivity contribution in [2.24, 2.45) is 0 Å². The van der Waals surface area contributed by atoms with E-state index in [4.69, 9.17) is 11.6 Å². The first-order valence-electron chi connectivity index (χ1n) is 5.16. The fourth-order valence-electron chi connectivity index (χ4n) is 1.42. The molecule has 0 aliphatic rings. The Labute approximate surface area is 108 Å². The van der Waals surface area contributed by atoms with Crippen molar-refractivity contribution >= 4 is 23.3 Å². The Balaban J connectivity index is 2.28. The molecule has 0 radical (unpaired) electrons. The van der Waals surface area contributed by atoms with Gasteiger partial charge in [-0.25, -0.2) is 9.97 Å². The number of nitrogens with zero attached hydrogens (tertiary/aromatic N) is 2. The predicted octanol–water partition coefficient (Wildman–Crippen LogP) is 2.40. The Bertz CT molecular complexity index is 602. The lowest BCUT2D eigenvalue weighted by atomic mass is 10.1. The van der Waals surface area contributed by atoms with Crippen molar-refractivity contribution in [1.29, 1.82) is 0 Å². The van der Waals surface area contributed by atoms with E-state index in [9.17, 15) is 9.90 Å². The van der Waals surface area contributed by atoms with Crippen molar-refractivity contribution in [3.63, 3.8) is 0 Å². The van der Waals surface area contributed by atoms with Gasteiger partial charge in [0.1, 0.15) is 5.75 Å². The van der Waals surface area contributed by atoms with Crippen LogP contribution in [0.15, 0.2) is 30.6 Å². The normalized spacial score (nSPS) is 10.1. The van der Waals surface area contributed by atoms with E-state index in [1.807, 2.05) is 0 Å². The summed E-state index contributed by atoms with van der Waals surface area (Å²) in [5, 5.41) is 12.4. The highest BCUT2D eigenvalue weighted by Crippen LogP contribution is 2.23. The average Bonchev–Trinajstić information content (AvgIpc) is 2.35. The Morgan fingerprint density at radius 1 is 1.33 bits per heavy atom. The fraction of sp³-hybridized carbons (Fsp3) is 0.0833. The topological polar surface area (TPSA) is 75.1 Å². The lowest BCUT2D eigenvalue weighted by molar-refractivity contribution is 0.102. The molecule has 0 atom stereocenters. The third-order valence-corrected chi connectivity index (χ3v) is 2.64. The van der Waals surface area contributed by atoms with Crippen LogP contribution in [0.1, 0.15) is 15.9 Å². The van der Waals surface area contributed by atoms with Crippen LogP contribution in [0.25, 0.3) is 0 Å². The number of carbonyl (C=O) groups excluding carboxylic acids is 1. The molecule has 0 aliphatic carbocycles. The van der Waals surface area contributed by atoms with Crippen molar-refractivity contribution in [3.05, 3.63) is 46.9 Å². The van der Waals surface area contributed by atoms with Crippen molar-refractivity contribution in [2.45, 2.75) is 6.92 Å². The lowest BCUT2D eigenvalue weighted by Gasteiger charge is -2.08. The SMILES string of the molecule is Cc1cccc(C(=O)Nc2nccnc2Cl)c1O. The van der Waals surface area contributed by atoms with Crippen LogP contribution in [-0.2, 0) is 0 Å². The molecule has 1 aromatic heterocycles. The van der Waals surface area contributed by atoms with Gasteiger partial charge in [0.15, 0.2) is 11.0 Å². The maximum absolute atomic E-state index is 11.9. The van der Waals surface area contributed by atoms with E-state index in [1.54, 1.807) is 19.1 Å². The number of rotatable bonds is 2. The molecule has 1 amide bonds. The molecule has 1 aromatic carbocycles. The highest BCUT2D eigenvalue weighted by atomic mass is 35.5. The Kier molecular flexibility index (Phi) is 3.43. The summed E-state index contributed by atoms with van der Waals surface area (Å²) in [4.78, 5) is 19.6. The monoisotopic (exact) mass is 263 g/mol. The molecule has 2 rings (SSSR count). The number of aromatic nitrogens is 2. The predicted molar refractivity (Wildman–Crippen MR) is 67.8 cm³/mol. The van der Waals surface area contributed by atoms with Crippen molar-refractivity contribution in [2.75, 3.05) is 5.32 Å². The van der Waals surface area contributed by atoms with E-state index < -0.39 is 5.91 Å². The summed E-state index contributed by atoms with van der Waals surface area (Å²) in [7, 11) is 0. The van der Waals surface area contributed by atoms with E-state index in [2.05, 4.69) is 15.3 Å². The van der Waals surface area contributed by atoms with Crippen LogP contribution >= 0.6 is 11.6 Å². The van der Waals surface area contributed by atoms with E-state index in [1.165, 1.54) is 18.5 Å². The summed E-state index contributed by atoms with van der Waals surface area (Å²) in [6.45, 7) is 1.71. The first-order chi connectivity index (χ1) is 8.59. The number of aromatic hydroxyl groups is 1. The Morgan fingerprint density at radius 3 is 2.78 bits per heavy atom. The summed E-state index contributed by atoms with van der Waals surface area (Å²) in [5.74, 6) is -0.390. The molecule has 2 aromatic rings. The zero-order valence-electron chi connectivity index (χ0n) is 9.51. The third-order valence-electron chi connectivity index (χ3n) is 2.37. The zero-order valence-corrected chi connectivity index (χ0v) is 10.3. The Morgan fingerprint density at radius 2 is 2.06 bits per heavy atom. The van der Waals surface area contributed by atoms with Crippen LogP contribution in [0.5, 0.6) is 5.75 Å². The molecule has 0 saturated heterocycles. The third kappa shape index (κ3) is 2.41. The van der Waals surface area contributed by atoms with Gasteiger partial charge in [0.2, 0.25) is 0 Å². The van der Waals surface area contributed by atoms with E-state index >= 15 is 0 Å². The van der Waals surface area contributed by atoms with Crippen LogP contribution in [-0.4, -0.2) is 21.0 Å². The maximum atomic E-state index is 11.9. The number of nitrogens with one attached hydrogen (secondary N) is 1. The highest BCUT2D eigenvalue weighted by Gasteiger charge is 2.14. The van der Waals surface area contributed by atoms with Crippen LogP contribution in [0, 0.1) is 6.92 Å². The lowest BCUT2D eigenvalue weighted by Crippen LogP contribution is -2.14. The molecule has 18 heavy (non-hydrogen) atoms. The Hall–Kier alpha value is -2.14. The molecule has 0 bridgehead atoms. The number of benzene rings is 1. The summed E-state index contributed by atoms with van der Waals surface area (Å²) in [5.41, 5.74) is 0.782. The van der Waals surface area contributed by atoms with Gasteiger partial charge in [-0.2, -0.15) is 0 Å². The summed E-state index contributed by atoms with van der Waals surface area (Å²) in [6, 6.07) is 4.91. The second-order valence-corrected chi connectivity index (χ2v) is 3.98. The van der Waals surface area contributed by atoms with Gasteiger partial charge >= 0.3 is 0 Å². The number of phenols is 1. The second kappa shape index (κ2) is 5.01. The molecule has 0 spiro atoms. The largest absolute Gasteiger partial charge is 0.507 e. The van der Waals surface area contributed by atoms with Crippen molar-refractivity contribution in [3.8, 4) is 5.75 Å². The molecule has 1 heterocycles. The molecule has 0 saturated carbocycles. The van der Waals surface area contributed by atoms with Gasteiger partial charge < -0.3 is 10.4 Å². The van der Waals surface area contributed by atoms with Crippen LogP contribution in [0.4, 0.5) is 5.82 Å². The molecule has 92 valence electrons. The van der Waals surface area contributed by atoms with E-state index in [0.717, 1.165) is 0 Å². The van der Waals surface area contributed by atoms with Gasteiger partial charge in [-0.05, 0) is 18.6 Å². The maximum Gasteiger partial charge on any atom is 0.260 e. The minimum atomic E-state index is -0.487. The molecule has 0 aliphatic heterocycles. The molecule has 6 heteroatoms. The van der Waals surface area contributed by atoms with Crippen LogP contribution in [0.2, 0.25) is 5.15 Å². The first kappa shape index (κ1) is 12.3. The van der Waals surface area contributed by atoms with Gasteiger partial charge in [0.05, 0.1) is 5.56 Å². The van der Waals surface area contributed by atoms with Gasteiger partial charge in [-0.1, -0.05) is 23.7 Å². The standard InChI is InChI=1S/C12H10ClN3O2/c1-7-3-2-4-8(9(7)17)12(18)16-11-10(13)14-5-6-15-11/h2-6,17H,1H3,(H,15,16,18). The minimum absolute atomic E-state index is 0.0602. The van der Waals surface area contributed by atoms with Gasteiger partial charge in [0, 0.05) is 12.4 Å². The summed E-state index contributed by atoms with van der Waals surface area (Å²) < 4.78 is 0. The highest BCUT2D eigenvalue weighted by molar-refractivity contribution is 6.32. The summed E-state index contributed by atoms with van der Waals surface area (Å²) in [6.07, 6.45) is 2.83. The first-order valence-corrected chi connectivity index (χ1v) is 5.54. The number of para-hydroxylation sites is 1. The zero-order chi connectivity index (χ0) is 13.1. The number of carbonyl (C=O) groups is 1. The molecular formula is C12H10ClN3O2. The van der Waals surface area contributed by atoms with Crippen LogP contribution in [0.3, 0.4) is 0 Å². The number of aryl methyl sites for hydroxylation is 1. The summed E-state index contributed by atoms with van der Waals surface area (Å²) >= 11 is 5.78. The number of hydrogen-bond donors (Lipinski definition) is 2. The molecular weight excluding hydrogens is 254 g/mol.